The third-order valence-corrected chi connectivity index (χ3v) is 3.17. The number of hydrogen-bond donors (Lipinski definition) is 2. The lowest BCUT2D eigenvalue weighted by molar-refractivity contribution is -0.0429. The second-order valence-corrected chi connectivity index (χ2v) is 5.16. The van der Waals surface area contributed by atoms with Crippen LogP contribution in [0.1, 0.15) is 10.4 Å². The number of halogens is 3. The van der Waals surface area contributed by atoms with Crippen LogP contribution in [0.4, 0.5) is 18.9 Å². The summed E-state index contributed by atoms with van der Waals surface area (Å²) in [5.74, 6) is 1.32. The van der Waals surface area contributed by atoms with Gasteiger partial charge in [0.1, 0.15) is 0 Å². The summed E-state index contributed by atoms with van der Waals surface area (Å²) in [6.07, 6.45) is 4.93. The molecule has 0 spiro atoms. The third kappa shape index (κ3) is 3.64. The molecule has 1 aromatic rings. The van der Waals surface area contributed by atoms with E-state index in [2.05, 4.69) is 11.2 Å². The Morgan fingerprint density at radius 2 is 1.90 bits per heavy atom. The molecule has 0 heterocycles. The van der Waals surface area contributed by atoms with Crippen molar-refractivity contribution in [1.29, 1.82) is 0 Å². The van der Waals surface area contributed by atoms with Crippen molar-refractivity contribution >= 4 is 21.6 Å². The van der Waals surface area contributed by atoms with Crippen LogP contribution in [0.2, 0.25) is 0 Å². The minimum atomic E-state index is -5.60. The number of terminal acetylenes is 1. The molecule has 0 radical (unpaired) electrons. The van der Waals surface area contributed by atoms with E-state index in [1.54, 1.807) is 0 Å². The smallest absolute Gasteiger partial charge is 0.341 e. The molecule has 0 aromatic heterocycles. The van der Waals surface area contributed by atoms with Crippen molar-refractivity contribution in [3.63, 3.8) is 0 Å². The van der Waals surface area contributed by atoms with Gasteiger partial charge in [0.25, 0.3) is 5.91 Å². The quantitative estimate of drug-likeness (QED) is 0.824. The number of para-hydroxylation sites is 1. The maximum absolute atomic E-state index is 12.3. The van der Waals surface area contributed by atoms with Crippen LogP contribution in [0.15, 0.2) is 24.3 Å². The molecule has 1 aromatic carbocycles. The highest BCUT2D eigenvalue weighted by atomic mass is 32.2. The molecule has 108 valence electrons. The summed E-state index contributed by atoms with van der Waals surface area (Å²) in [6, 6.07) is 4.86. The average molecular weight is 306 g/mol. The molecular weight excluding hydrogens is 297 g/mol. The molecule has 0 unspecified atom stereocenters. The molecule has 0 fully saturated rings. The topological polar surface area (TPSA) is 75.3 Å². The molecule has 0 aliphatic carbocycles. The van der Waals surface area contributed by atoms with E-state index < -0.39 is 27.1 Å². The molecule has 9 heteroatoms. The maximum Gasteiger partial charge on any atom is 0.516 e. The Hall–Kier alpha value is -2.21. The number of anilines is 1. The van der Waals surface area contributed by atoms with Gasteiger partial charge in [0.15, 0.2) is 0 Å². The number of hydrogen-bond acceptors (Lipinski definition) is 3. The van der Waals surface area contributed by atoms with Crippen LogP contribution in [0.25, 0.3) is 0 Å². The zero-order valence-electron chi connectivity index (χ0n) is 9.86. The molecule has 1 rings (SSSR count). The number of carbonyl (C=O) groups is 1. The number of sulfonamides is 1. The number of amides is 1. The Morgan fingerprint density at radius 3 is 2.45 bits per heavy atom. The third-order valence-electron chi connectivity index (χ3n) is 2.07. The van der Waals surface area contributed by atoms with Gasteiger partial charge >= 0.3 is 15.5 Å². The van der Waals surface area contributed by atoms with Crippen LogP contribution in [-0.2, 0) is 10.0 Å². The molecular formula is C11H9F3N2O3S. The number of nitrogens with one attached hydrogen (secondary N) is 2. The zero-order chi connectivity index (χ0) is 15.4. The van der Waals surface area contributed by atoms with Crippen molar-refractivity contribution in [2.45, 2.75) is 5.51 Å². The van der Waals surface area contributed by atoms with Crippen molar-refractivity contribution < 1.29 is 26.4 Å². The fourth-order valence-electron chi connectivity index (χ4n) is 1.20. The Bertz CT molecular complexity index is 648. The average Bonchev–Trinajstić information content (AvgIpc) is 2.34. The van der Waals surface area contributed by atoms with Crippen molar-refractivity contribution in [2.75, 3.05) is 11.3 Å². The highest BCUT2D eigenvalue weighted by Crippen LogP contribution is 2.26. The van der Waals surface area contributed by atoms with E-state index in [1.165, 1.54) is 22.9 Å². The van der Waals surface area contributed by atoms with Gasteiger partial charge in [-0.1, -0.05) is 18.1 Å². The standard InChI is InChI=1S/C11H9F3N2O3S/c1-2-7-15-10(17)8-5-3-4-6-9(8)16-20(18,19)11(12,13)14/h1,3-6,16H,7H2,(H,15,17). The lowest BCUT2D eigenvalue weighted by atomic mass is 10.2. The normalized spacial score (nSPS) is 11.5. The van der Waals surface area contributed by atoms with Gasteiger partial charge in [-0.05, 0) is 12.1 Å². The van der Waals surface area contributed by atoms with Gasteiger partial charge in [0.05, 0.1) is 17.8 Å². The minimum absolute atomic E-state index is 0.140. The summed E-state index contributed by atoms with van der Waals surface area (Å²) < 4.78 is 60.2. The molecule has 20 heavy (non-hydrogen) atoms. The monoisotopic (exact) mass is 306 g/mol. The molecule has 0 saturated heterocycles. The van der Waals surface area contributed by atoms with Gasteiger partial charge in [0, 0.05) is 0 Å². The van der Waals surface area contributed by atoms with Gasteiger partial charge in [-0.3, -0.25) is 9.52 Å². The van der Waals surface area contributed by atoms with E-state index in [-0.39, 0.29) is 12.1 Å². The lowest BCUT2D eigenvalue weighted by Gasteiger charge is -2.13. The molecule has 0 saturated carbocycles. The van der Waals surface area contributed by atoms with Gasteiger partial charge in [-0.25, -0.2) is 0 Å². The first-order chi connectivity index (χ1) is 9.19. The summed E-state index contributed by atoms with van der Waals surface area (Å²) in [5, 5.41) is 2.22. The fraction of sp³-hybridized carbons (Fsp3) is 0.182. The van der Waals surface area contributed by atoms with Gasteiger partial charge in [0.2, 0.25) is 0 Å². The van der Waals surface area contributed by atoms with Crippen molar-refractivity contribution in [2.24, 2.45) is 0 Å². The summed E-state index contributed by atoms with van der Waals surface area (Å²) in [4.78, 5) is 11.6. The van der Waals surface area contributed by atoms with Crippen LogP contribution in [-0.4, -0.2) is 26.4 Å². The number of carbonyl (C=O) groups excluding carboxylic acids is 1. The second-order valence-electron chi connectivity index (χ2n) is 3.48. The molecule has 5 nitrogen and oxygen atoms in total. The van der Waals surface area contributed by atoms with E-state index in [4.69, 9.17) is 6.42 Å². The van der Waals surface area contributed by atoms with E-state index in [0.717, 1.165) is 6.07 Å². The SMILES string of the molecule is C#CCNC(=O)c1ccccc1NS(=O)(=O)C(F)(F)F. The highest BCUT2D eigenvalue weighted by molar-refractivity contribution is 7.93. The van der Waals surface area contributed by atoms with Crippen molar-refractivity contribution in [3.05, 3.63) is 29.8 Å². The maximum atomic E-state index is 12.3. The second kappa shape index (κ2) is 5.83. The number of alkyl halides is 3. The first-order valence-corrected chi connectivity index (χ1v) is 6.57. The van der Waals surface area contributed by atoms with Gasteiger partial charge in [-0.2, -0.15) is 21.6 Å². The van der Waals surface area contributed by atoms with E-state index in [1.807, 2.05) is 0 Å². The molecule has 0 atom stereocenters. The van der Waals surface area contributed by atoms with Crippen LogP contribution in [0.3, 0.4) is 0 Å². The molecule has 0 bridgehead atoms. The Kier molecular flexibility index (Phi) is 4.62. The largest absolute Gasteiger partial charge is 0.516 e. The number of benzene rings is 1. The van der Waals surface area contributed by atoms with Crippen LogP contribution < -0.4 is 10.0 Å². The van der Waals surface area contributed by atoms with Gasteiger partial charge < -0.3 is 5.32 Å². The van der Waals surface area contributed by atoms with E-state index >= 15 is 0 Å². The summed E-state index contributed by atoms with van der Waals surface area (Å²) in [6.45, 7) is -0.140. The molecule has 1 amide bonds. The van der Waals surface area contributed by atoms with Crippen LogP contribution >= 0.6 is 0 Å². The predicted octanol–water partition coefficient (Wildman–Crippen LogP) is 1.31. The molecule has 0 aliphatic heterocycles. The number of rotatable bonds is 4. The summed E-state index contributed by atoms with van der Waals surface area (Å²) in [5.41, 5.74) is -6.23. The Morgan fingerprint density at radius 1 is 1.30 bits per heavy atom. The fourth-order valence-corrected chi connectivity index (χ4v) is 1.78. The van der Waals surface area contributed by atoms with E-state index in [9.17, 15) is 26.4 Å². The minimum Gasteiger partial charge on any atom is -0.341 e. The van der Waals surface area contributed by atoms with Crippen molar-refractivity contribution in [3.8, 4) is 12.3 Å². The molecule has 2 N–H and O–H groups in total. The van der Waals surface area contributed by atoms with E-state index in [0.29, 0.717) is 0 Å². The Balaban J connectivity index is 3.10. The van der Waals surface area contributed by atoms with Gasteiger partial charge in [-0.15, -0.1) is 6.42 Å². The summed E-state index contributed by atoms with van der Waals surface area (Å²) in [7, 11) is -5.60. The predicted molar refractivity (Wildman–Crippen MR) is 66.2 cm³/mol. The van der Waals surface area contributed by atoms with Crippen molar-refractivity contribution in [1.82, 2.24) is 5.32 Å². The Labute approximate surface area is 113 Å². The summed E-state index contributed by atoms with van der Waals surface area (Å²) >= 11 is 0. The van der Waals surface area contributed by atoms with Crippen LogP contribution in [0.5, 0.6) is 0 Å². The van der Waals surface area contributed by atoms with Crippen LogP contribution in [0, 0.1) is 12.3 Å². The first-order valence-electron chi connectivity index (χ1n) is 5.09. The first kappa shape index (κ1) is 15.8. The lowest BCUT2D eigenvalue weighted by Crippen LogP contribution is -2.31. The highest BCUT2D eigenvalue weighted by Gasteiger charge is 2.46. The zero-order valence-corrected chi connectivity index (χ0v) is 10.7. The molecule has 0 aliphatic rings.